The van der Waals surface area contributed by atoms with Gasteiger partial charge >= 0.3 is 0 Å². The van der Waals surface area contributed by atoms with Crippen LogP contribution in [0.1, 0.15) is 61.4 Å². The number of aliphatic imine (C=N–C) groups is 1. The molecule has 0 bridgehead atoms. The Hall–Kier alpha value is -5.19. The molecule has 6 aromatic carbocycles. The number of aryl methyl sites for hydroxylation is 1. The van der Waals surface area contributed by atoms with Crippen LogP contribution >= 0.6 is 0 Å². The normalized spacial score (nSPS) is 15.5. The average molecular weight is 942 g/mol. The smallest absolute Gasteiger partial charge is 0.120 e. The van der Waals surface area contributed by atoms with Gasteiger partial charge in [0.05, 0.1) is 19.3 Å². The molecule has 3 heterocycles. The van der Waals surface area contributed by atoms with Crippen LogP contribution in [0.5, 0.6) is 0 Å². The Morgan fingerprint density at radius 3 is 2.30 bits per heavy atom. The predicted octanol–water partition coefficient (Wildman–Crippen LogP) is 13.3. The zero-order chi connectivity index (χ0) is 43.3. The van der Waals surface area contributed by atoms with Gasteiger partial charge in [-0.3, -0.25) is 4.99 Å². The van der Waals surface area contributed by atoms with Crippen molar-refractivity contribution in [2.75, 3.05) is 0 Å². The summed E-state index contributed by atoms with van der Waals surface area (Å²) in [6.07, 6.45) is 0.269. The number of hydrogen-bond donors (Lipinski definition) is 0. The second-order valence-electron chi connectivity index (χ2n) is 16.4. The number of nitrogens with zero attached hydrogens (tertiary/aromatic N) is 2. The number of furan rings is 1. The molecule has 1 unspecified atom stereocenters. The number of para-hydroxylation sites is 2. The molecule has 5 heteroatoms. The number of rotatable bonds is 6. The molecule has 1 aliphatic heterocycles. The molecule has 2 aromatic heterocycles. The molecule has 0 N–H and O–H groups in total. The number of fused-ring (bicyclic) bond motifs is 4. The van der Waals surface area contributed by atoms with E-state index in [0.717, 1.165) is 44.1 Å². The van der Waals surface area contributed by atoms with Crippen LogP contribution in [0.3, 0.4) is 0 Å². The first-order chi connectivity index (χ1) is 28.9. The Morgan fingerprint density at radius 2 is 1.54 bits per heavy atom. The van der Waals surface area contributed by atoms with Gasteiger partial charge in [0.25, 0.3) is 0 Å². The van der Waals surface area contributed by atoms with E-state index >= 15 is 0 Å². The van der Waals surface area contributed by atoms with E-state index in [1.54, 1.807) is 18.3 Å². The fourth-order valence-electron chi connectivity index (χ4n) is 7.41. The van der Waals surface area contributed by atoms with Gasteiger partial charge < -0.3 is 9.40 Å². The number of hydrogen-bond acceptors (Lipinski definition) is 3. The number of aromatic nitrogens is 1. The van der Waals surface area contributed by atoms with E-state index in [1.165, 1.54) is 28.3 Å². The predicted molar refractivity (Wildman–Crippen MR) is 238 cm³/mol. The maximum Gasteiger partial charge on any atom is 0.120 e. The average Bonchev–Trinajstić information content (AvgIpc) is 3.82. The Morgan fingerprint density at radius 1 is 0.789 bits per heavy atom. The van der Waals surface area contributed by atoms with Gasteiger partial charge in [0, 0.05) is 44.5 Å². The first kappa shape index (κ1) is 33.9. The number of pyridine rings is 1. The maximum atomic E-state index is 8.79. The van der Waals surface area contributed by atoms with Crippen LogP contribution in [-0.2, 0) is 26.5 Å². The molecular weight excluding hydrogens is 889 g/mol. The summed E-state index contributed by atoms with van der Waals surface area (Å²) in [5.74, 6) is 0.00919. The van der Waals surface area contributed by atoms with Gasteiger partial charge in [-0.2, -0.15) is 0 Å². The Labute approximate surface area is 359 Å². The van der Waals surface area contributed by atoms with Crippen LogP contribution in [0, 0.1) is 24.4 Å². The van der Waals surface area contributed by atoms with Crippen LogP contribution < -0.4 is 5.19 Å². The molecule has 0 aliphatic carbocycles. The van der Waals surface area contributed by atoms with Crippen molar-refractivity contribution in [3.05, 3.63) is 186 Å². The van der Waals surface area contributed by atoms with Crippen LogP contribution in [0.25, 0.3) is 44.3 Å². The zero-order valence-electron chi connectivity index (χ0n) is 38.1. The molecule has 1 aliphatic rings. The monoisotopic (exact) mass is 942 g/mol. The van der Waals surface area contributed by atoms with Gasteiger partial charge in [-0.25, -0.2) is 0 Å². The van der Waals surface area contributed by atoms with Crippen molar-refractivity contribution in [1.82, 2.24) is 4.98 Å². The van der Waals surface area contributed by atoms with Gasteiger partial charge in [0.1, 0.15) is 5.58 Å². The van der Waals surface area contributed by atoms with Crippen molar-refractivity contribution in [3.8, 4) is 22.4 Å². The summed E-state index contributed by atoms with van der Waals surface area (Å²) in [7, 11) is -1.81. The molecule has 9 rings (SSSR count). The Balaban J connectivity index is 0.000000189. The van der Waals surface area contributed by atoms with Crippen molar-refractivity contribution < 1.29 is 31.4 Å². The zero-order valence-corrected chi connectivity index (χ0v) is 36.5. The second kappa shape index (κ2) is 16.3. The van der Waals surface area contributed by atoms with E-state index in [4.69, 9.17) is 16.3 Å². The SMILES string of the molecule is [2H]C([2H])([2H])c1c[c-]c(-c2cc(C([2H])([2H])C(C)(C)C)c([Si](C)(C)C)cn2)cc1.[Ir].[c-]1ccc2c(oc3ccccc32)c1C1=Nc2ccccc2C1c1cccc(-c2ccccc2)c1. The minimum absolute atomic E-state index is 0. The van der Waals surface area contributed by atoms with Crippen molar-refractivity contribution in [2.24, 2.45) is 10.4 Å². The van der Waals surface area contributed by atoms with E-state index in [0.29, 0.717) is 16.8 Å². The van der Waals surface area contributed by atoms with Crippen molar-refractivity contribution in [1.29, 1.82) is 0 Å². The molecule has 287 valence electrons. The third kappa shape index (κ3) is 8.57. The molecule has 0 amide bonds. The van der Waals surface area contributed by atoms with E-state index < -0.39 is 26.7 Å². The maximum absolute atomic E-state index is 8.79. The van der Waals surface area contributed by atoms with E-state index in [9.17, 15) is 0 Å². The molecule has 3 nitrogen and oxygen atoms in total. The molecule has 1 atom stereocenters. The van der Waals surface area contributed by atoms with E-state index in [2.05, 4.69) is 128 Å². The van der Waals surface area contributed by atoms with Crippen LogP contribution in [-0.4, -0.2) is 18.8 Å². The standard InChI is InChI=1S/C32H20NO.C20H28NSi.Ir/c1-2-10-21(11-3-1)22-12-8-13-23(20-22)30-26-15-4-6-18-28(26)33-31(30)27-17-9-16-25-24-14-5-7-19-29(24)34-32(25)27;1-15-8-10-16(11-9-15)18-12-17(13-20(2,3)4)19(14-21-18)22(5,6)7;/h1-16,18-20,30H;8-10,12,14H,13H2,1-7H3;/q2*-1;/i;1D3,13D2;. The molecule has 57 heavy (non-hydrogen) atoms. The van der Waals surface area contributed by atoms with Gasteiger partial charge in [-0.15, -0.1) is 53.6 Å². The summed E-state index contributed by atoms with van der Waals surface area (Å²) in [4.78, 5) is 9.69. The summed E-state index contributed by atoms with van der Waals surface area (Å²) >= 11 is 0. The summed E-state index contributed by atoms with van der Waals surface area (Å²) < 4.78 is 46.4. The Bertz CT molecular complexity index is 2910. The summed E-state index contributed by atoms with van der Waals surface area (Å²) in [5.41, 5.74) is 11.1. The fraction of sp³-hybridized carbons (Fsp3) is 0.192. The molecule has 1 radical (unpaired) electrons. The van der Waals surface area contributed by atoms with Crippen LogP contribution in [0.2, 0.25) is 19.6 Å². The van der Waals surface area contributed by atoms with Gasteiger partial charge in [0.2, 0.25) is 0 Å². The minimum atomic E-state index is -2.17. The van der Waals surface area contributed by atoms with E-state index in [1.807, 2.05) is 51.1 Å². The topological polar surface area (TPSA) is 38.4 Å². The van der Waals surface area contributed by atoms with Crippen LogP contribution in [0.4, 0.5) is 5.69 Å². The third-order valence-corrected chi connectivity index (χ3v) is 12.0. The van der Waals surface area contributed by atoms with E-state index in [-0.39, 0.29) is 31.6 Å². The summed E-state index contributed by atoms with van der Waals surface area (Å²) in [6, 6.07) is 53.0. The third-order valence-electron chi connectivity index (χ3n) is 9.99. The Kier molecular flexibility index (Phi) is 9.72. The largest absolute Gasteiger partial charge is 0.501 e. The van der Waals surface area contributed by atoms with Gasteiger partial charge in [0.15, 0.2) is 0 Å². The van der Waals surface area contributed by atoms with Crippen molar-refractivity contribution in [3.63, 3.8) is 0 Å². The first-order valence-electron chi connectivity index (χ1n) is 21.6. The molecule has 0 fully saturated rings. The van der Waals surface area contributed by atoms with Crippen molar-refractivity contribution in [2.45, 2.75) is 59.6 Å². The summed E-state index contributed by atoms with van der Waals surface area (Å²) in [5, 5.41) is 3.22. The van der Waals surface area contributed by atoms with Gasteiger partial charge in [-0.05, 0) is 62.8 Å². The van der Waals surface area contributed by atoms with Gasteiger partial charge in [-0.1, -0.05) is 161 Å². The van der Waals surface area contributed by atoms with Crippen molar-refractivity contribution >= 4 is 46.6 Å². The fourth-order valence-corrected chi connectivity index (χ4v) is 8.81. The molecule has 0 saturated carbocycles. The van der Waals surface area contributed by atoms with Crippen LogP contribution in [0.15, 0.2) is 155 Å². The number of benzene rings is 6. The molecule has 0 spiro atoms. The minimum Gasteiger partial charge on any atom is -0.501 e. The molecule has 8 aromatic rings. The quantitative estimate of drug-likeness (QED) is 0.123. The molecular formula is C52H48IrN2OSi-2. The summed E-state index contributed by atoms with van der Waals surface area (Å²) in [6.45, 7) is 10.1. The second-order valence-corrected chi connectivity index (χ2v) is 21.4. The molecule has 0 saturated heterocycles. The first-order valence-corrected chi connectivity index (χ1v) is 22.6.